The van der Waals surface area contributed by atoms with E-state index in [1.807, 2.05) is 42.5 Å². The number of hydrogen-bond acceptors (Lipinski definition) is 3. The summed E-state index contributed by atoms with van der Waals surface area (Å²) in [7, 11) is 0. The van der Waals surface area contributed by atoms with E-state index in [1.165, 1.54) is 12.1 Å². The molecule has 0 fully saturated rings. The van der Waals surface area contributed by atoms with Gasteiger partial charge in [0.05, 0.1) is 5.56 Å². The molecule has 0 saturated heterocycles. The standard InChI is InChI=1S/C24H17FO3/c25-19-10-8-18(9-11-19)15-23-24(26)21-13-12-20(16-22(21)28-23)27-14-4-7-17-5-2-1-3-6-17/h1-13,15-16H,14H2. The number of fused-ring (bicyclic) bond motifs is 1. The zero-order chi connectivity index (χ0) is 19.3. The Morgan fingerprint density at radius 3 is 2.50 bits per heavy atom. The molecule has 0 N–H and O–H groups in total. The average molecular weight is 372 g/mol. The highest BCUT2D eigenvalue weighted by Crippen LogP contribution is 2.34. The highest BCUT2D eigenvalue weighted by Gasteiger charge is 2.27. The molecule has 0 unspecified atom stereocenters. The van der Waals surface area contributed by atoms with E-state index in [-0.39, 0.29) is 17.4 Å². The average Bonchev–Trinajstić information content (AvgIpc) is 3.03. The number of benzene rings is 3. The van der Waals surface area contributed by atoms with Crippen LogP contribution in [-0.2, 0) is 0 Å². The van der Waals surface area contributed by atoms with Gasteiger partial charge in [0.25, 0.3) is 0 Å². The number of rotatable bonds is 5. The Kier molecular flexibility index (Phi) is 5.02. The maximum atomic E-state index is 13.0. The van der Waals surface area contributed by atoms with Gasteiger partial charge >= 0.3 is 0 Å². The molecule has 3 nitrogen and oxygen atoms in total. The smallest absolute Gasteiger partial charge is 0.231 e. The van der Waals surface area contributed by atoms with Crippen molar-refractivity contribution in [2.45, 2.75) is 0 Å². The summed E-state index contributed by atoms with van der Waals surface area (Å²) in [6, 6.07) is 21.0. The highest BCUT2D eigenvalue weighted by atomic mass is 19.1. The van der Waals surface area contributed by atoms with Gasteiger partial charge in [-0.25, -0.2) is 4.39 Å². The molecule has 1 aliphatic heterocycles. The minimum absolute atomic E-state index is 0.199. The van der Waals surface area contributed by atoms with Crippen molar-refractivity contribution in [2.75, 3.05) is 6.61 Å². The summed E-state index contributed by atoms with van der Waals surface area (Å²) in [6.07, 6.45) is 5.51. The molecular weight excluding hydrogens is 355 g/mol. The number of ether oxygens (including phenoxy) is 2. The van der Waals surface area contributed by atoms with Gasteiger partial charge in [0.1, 0.15) is 23.9 Å². The van der Waals surface area contributed by atoms with E-state index in [9.17, 15) is 9.18 Å². The normalized spacial score (nSPS) is 14.3. The summed E-state index contributed by atoms with van der Waals surface area (Å²) in [4.78, 5) is 12.5. The number of halogens is 1. The summed E-state index contributed by atoms with van der Waals surface area (Å²) in [5.41, 5.74) is 2.28. The molecule has 0 bridgehead atoms. The summed E-state index contributed by atoms with van der Waals surface area (Å²) >= 11 is 0. The van der Waals surface area contributed by atoms with E-state index < -0.39 is 0 Å². The van der Waals surface area contributed by atoms with Gasteiger partial charge in [0, 0.05) is 6.07 Å². The second kappa shape index (κ2) is 7.92. The molecule has 0 atom stereocenters. The van der Waals surface area contributed by atoms with Crippen LogP contribution >= 0.6 is 0 Å². The number of hydrogen-bond donors (Lipinski definition) is 0. The van der Waals surface area contributed by atoms with Gasteiger partial charge in [0.15, 0.2) is 5.76 Å². The van der Waals surface area contributed by atoms with E-state index in [0.717, 1.165) is 5.56 Å². The molecule has 0 radical (unpaired) electrons. The molecular formula is C24H17FO3. The minimum Gasteiger partial charge on any atom is -0.489 e. The molecule has 0 saturated carbocycles. The molecule has 3 aromatic rings. The number of carbonyl (C=O) groups excluding carboxylic acids is 1. The zero-order valence-electron chi connectivity index (χ0n) is 15.0. The monoisotopic (exact) mass is 372 g/mol. The van der Waals surface area contributed by atoms with Crippen LogP contribution < -0.4 is 9.47 Å². The SMILES string of the molecule is O=C1C(=Cc2ccc(F)cc2)Oc2cc(OCC=Cc3ccccc3)ccc21. The Bertz CT molecular complexity index is 1050. The Hall–Kier alpha value is -3.66. The Balaban J connectivity index is 1.43. The fourth-order valence-electron chi connectivity index (χ4n) is 2.86. The second-order valence-electron chi connectivity index (χ2n) is 6.27. The van der Waals surface area contributed by atoms with Crippen LogP contribution in [0, 0.1) is 5.82 Å². The Labute approximate surface area is 162 Å². The molecule has 0 aromatic heterocycles. The third-order valence-electron chi connectivity index (χ3n) is 4.27. The van der Waals surface area contributed by atoms with Crippen molar-refractivity contribution >= 4 is 17.9 Å². The fourth-order valence-corrected chi connectivity index (χ4v) is 2.86. The van der Waals surface area contributed by atoms with Crippen LogP contribution in [0.5, 0.6) is 11.5 Å². The van der Waals surface area contributed by atoms with E-state index in [2.05, 4.69) is 0 Å². The number of allylic oxidation sites excluding steroid dienone is 1. The summed E-state index contributed by atoms with van der Waals surface area (Å²) in [5, 5.41) is 0. The molecule has 4 rings (SSSR count). The van der Waals surface area contributed by atoms with Crippen molar-refractivity contribution in [1.82, 2.24) is 0 Å². The van der Waals surface area contributed by atoms with Gasteiger partial charge in [0.2, 0.25) is 5.78 Å². The van der Waals surface area contributed by atoms with E-state index in [0.29, 0.717) is 29.2 Å². The lowest BCUT2D eigenvalue weighted by Gasteiger charge is -2.04. The number of carbonyl (C=O) groups is 1. The highest BCUT2D eigenvalue weighted by molar-refractivity contribution is 6.14. The van der Waals surface area contributed by atoms with E-state index in [1.54, 1.807) is 36.4 Å². The minimum atomic E-state index is -0.327. The molecule has 0 aliphatic carbocycles. The van der Waals surface area contributed by atoms with Crippen LogP contribution in [0.25, 0.3) is 12.2 Å². The number of ketones is 1. The first-order valence-corrected chi connectivity index (χ1v) is 8.87. The maximum Gasteiger partial charge on any atom is 0.231 e. The van der Waals surface area contributed by atoms with Crippen molar-refractivity contribution < 1.29 is 18.7 Å². The largest absolute Gasteiger partial charge is 0.489 e. The second-order valence-corrected chi connectivity index (χ2v) is 6.27. The topological polar surface area (TPSA) is 35.5 Å². The molecule has 1 aliphatic rings. The van der Waals surface area contributed by atoms with Crippen molar-refractivity contribution in [3.05, 3.63) is 107 Å². The van der Waals surface area contributed by atoms with Crippen molar-refractivity contribution in [3.8, 4) is 11.5 Å². The molecule has 138 valence electrons. The molecule has 3 aromatic carbocycles. The van der Waals surface area contributed by atoms with Gasteiger partial charge in [-0.1, -0.05) is 48.5 Å². The zero-order valence-corrected chi connectivity index (χ0v) is 15.0. The number of Topliss-reactive ketones (excluding diaryl/α,β-unsaturated/α-hetero) is 1. The maximum absolute atomic E-state index is 13.0. The van der Waals surface area contributed by atoms with E-state index in [4.69, 9.17) is 9.47 Å². The molecule has 1 heterocycles. The predicted molar refractivity (Wildman–Crippen MR) is 107 cm³/mol. The van der Waals surface area contributed by atoms with Crippen LogP contribution in [0.4, 0.5) is 4.39 Å². The first-order valence-electron chi connectivity index (χ1n) is 8.87. The first kappa shape index (κ1) is 17.7. The predicted octanol–water partition coefficient (Wildman–Crippen LogP) is 5.53. The van der Waals surface area contributed by atoms with Crippen LogP contribution in [-0.4, -0.2) is 12.4 Å². The summed E-state index contributed by atoms with van der Waals surface area (Å²) in [6.45, 7) is 0.403. The van der Waals surface area contributed by atoms with Crippen LogP contribution in [0.2, 0.25) is 0 Å². The van der Waals surface area contributed by atoms with Crippen LogP contribution in [0.1, 0.15) is 21.5 Å². The third kappa shape index (κ3) is 4.01. The van der Waals surface area contributed by atoms with Crippen molar-refractivity contribution in [1.29, 1.82) is 0 Å². The van der Waals surface area contributed by atoms with E-state index >= 15 is 0 Å². The quantitative estimate of drug-likeness (QED) is 0.552. The summed E-state index contributed by atoms with van der Waals surface area (Å²) < 4.78 is 24.4. The first-order chi connectivity index (χ1) is 13.7. The Morgan fingerprint density at radius 1 is 0.929 bits per heavy atom. The van der Waals surface area contributed by atoms with Crippen molar-refractivity contribution in [3.63, 3.8) is 0 Å². The lowest BCUT2D eigenvalue weighted by molar-refractivity contribution is 0.101. The molecule has 28 heavy (non-hydrogen) atoms. The van der Waals surface area contributed by atoms with Gasteiger partial charge < -0.3 is 9.47 Å². The van der Waals surface area contributed by atoms with Gasteiger partial charge in [-0.2, -0.15) is 0 Å². The van der Waals surface area contributed by atoms with Gasteiger partial charge in [-0.05, 0) is 47.5 Å². The fraction of sp³-hybridized carbons (Fsp3) is 0.0417. The van der Waals surface area contributed by atoms with Crippen LogP contribution in [0.3, 0.4) is 0 Å². The lowest BCUT2D eigenvalue weighted by Crippen LogP contribution is -1.98. The van der Waals surface area contributed by atoms with Gasteiger partial charge in [-0.15, -0.1) is 0 Å². The Morgan fingerprint density at radius 2 is 1.71 bits per heavy atom. The molecule has 4 heteroatoms. The van der Waals surface area contributed by atoms with Crippen molar-refractivity contribution in [2.24, 2.45) is 0 Å². The summed E-state index contributed by atoms with van der Waals surface area (Å²) in [5.74, 6) is 0.764. The third-order valence-corrected chi connectivity index (χ3v) is 4.27. The lowest BCUT2D eigenvalue weighted by atomic mass is 10.1. The molecule has 0 spiro atoms. The van der Waals surface area contributed by atoms with Gasteiger partial charge in [-0.3, -0.25) is 4.79 Å². The molecule has 0 amide bonds. The van der Waals surface area contributed by atoms with Crippen LogP contribution in [0.15, 0.2) is 84.6 Å².